The Bertz CT molecular complexity index is 558. The van der Waals surface area contributed by atoms with E-state index in [2.05, 4.69) is 31.2 Å². The molecular weight excluding hydrogens is 312 g/mol. The van der Waals surface area contributed by atoms with Gasteiger partial charge in [-0.1, -0.05) is 69.0 Å². The van der Waals surface area contributed by atoms with Crippen LogP contribution >= 0.6 is 0 Å². The summed E-state index contributed by atoms with van der Waals surface area (Å²) in [5.74, 6) is -1.19. The standard InChI is InChI=1S/C22H32O3/c1-2-3-4-5-6-7-8-9-10-11-12-13-14-16-19-17-15-18-20(23)21(19)22(24)25/h4-5,7-8,15,17-18,23H,2-3,6,9-14,16H2,1H3,(H,24,25)/b5-4+,8-7-. The smallest absolute Gasteiger partial charge is 0.339 e. The third kappa shape index (κ3) is 9.13. The molecule has 0 radical (unpaired) electrons. The van der Waals surface area contributed by atoms with Crippen LogP contribution in [0.15, 0.2) is 42.5 Å². The number of aromatic carboxylic acids is 1. The van der Waals surface area contributed by atoms with Crippen molar-refractivity contribution in [1.29, 1.82) is 0 Å². The Balaban J connectivity index is 2.11. The van der Waals surface area contributed by atoms with Crippen molar-refractivity contribution in [1.82, 2.24) is 0 Å². The predicted molar refractivity (Wildman–Crippen MR) is 104 cm³/mol. The number of aromatic hydroxyl groups is 1. The number of hydrogen-bond donors (Lipinski definition) is 2. The molecule has 2 N–H and O–H groups in total. The van der Waals surface area contributed by atoms with E-state index < -0.39 is 5.97 Å². The van der Waals surface area contributed by atoms with Gasteiger partial charge >= 0.3 is 5.97 Å². The van der Waals surface area contributed by atoms with Gasteiger partial charge in [-0.25, -0.2) is 4.79 Å². The lowest BCUT2D eigenvalue weighted by Gasteiger charge is -2.07. The van der Waals surface area contributed by atoms with Crippen LogP contribution in [0, 0.1) is 0 Å². The van der Waals surface area contributed by atoms with E-state index >= 15 is 0 Å². The fourth-order valence-corrected chi connectivity index (χ4v) is 2.82. The Morgan fingerprint density at radius 2 is 1.64 bits per heavy atom. The molecule has 0 unspecified atom stereocenters. The number of unbranched alkanes of at least 4 members (excludes halogenated alkanes) is 6. The lowest BCUT2D eigenvalue weighted by molar-refractivity contribution is 0.0692. The number of benzene rings is 1. The average molecular weight is 344 g/mol. The van der Waals surface area contributed by atoms with Gasteiger partial charge < -0.3 is 10.2 Å². The Morgan fingerprint density at radius 3 is 2.36 bits per heavy atom. The van der Waals surface area contributed by atoms with Crippen molar-refractivity contribution in [3.8, 4) is 5.75 Å². The quantitative estimate of drug-likeness (QED) is 0.327. The van der Waals surface area contributed by atoms with E-state index in [1.807, 2.05) is 0 Å². The molecule has 0 aliphatic heterocycles. The van der Waals surface area contributed by atoms with E-state index in [4.69, 9.17) is 0 Å². The van der Waals surface area contributed by atoms with Crippen molar-refractivity contribution in [3.63, 3.8) is 0 Å². The second kappa shape index (κ2) is 13.3. The van der Waals surface area contributed by atoms with Gasteiger partial charge in [0.25, 0.3) is 0 Å². The highest BCUT2D eigenvalue weighted by molar-refractivity contribution is 5.92. The maximum Gasteiger partial charge on any atom is 0.339 e. The highest BCUT2D eigenvalue weighted by atomic mass is 16.4. The highest BCUT2D eigenvalue weighted by Gasteiger charge is 2.14. The molecule has 0 aliphatic rings. The molecule has 1 rings (SSSR count). The summed E-state index contributed by atoms with van der Waals surface area (Å²) in [6, 6.07) is 4.93. The molecule has 0 bridgehead atoms. The molecule has 0 amide bonds. The minimum atomic E-state index is -1.05. The molecule has 0 spiro atoms. The zero-order valence-corrected chi connectivity index (χ0v) is 15.4. The molecule has 0 saturated heterocycles. The van der Waals surface area contributed by atoms with Crippen LogP contribution in [0.5, 0.6) is 5.75 Å². The van der Waals surface area contributed by atoms with Crippen molar-refractivity contribution in [2.45, 2.75) is 71.1 Å². The molecule has 0 heterocycles. The molecule has 1 aromatic rings. The van der Waals surface area contributed by atoms with E-state index in [-0.39, 0.29) is 11.3 Å². The summed E-state index contributed by atoms with van der Waals surface area (Å²) in [6.07, 6.45) is 19.9. The molecular formula is C22H32O3. The molecule has 3 nitrogen and oxygen atoms in total. The lowest BCUT2D eigenvalue weighted by Crippen LogP contribution is -2.03. The topological polar surface area (TPSA) is 57.5 Å². The highest BCUT2D eigenvalue weighted by Crippen LogP contribution is 2.23. The van der Waals surface area contributed by atoms with Crippen LogP contribution in [-0.4, -0.2) is 16.2 Å². The fraction of sp³-hybridized carbons (Fsp3) is 0.500. The van der Waals surface area contributed by atoms with Crippen LogP contribution in [0.4, 0.5) is 0 Å². The van der Waals surface area contributed by atoms with Gasteiger partial charge in [0.15, 0.2) is 0 Å². The summed E-state index contributed by atoms with van der Waals surface area (Å²) in [6.45, 7) is 2.19. The number of carbonyl (C=O) groups is 1. The van der Waals surface area contributed by atoms with Crippen LogP contribution in [0.1, 0.15) is 80.6 Å². The Labute approximate surface area is 152 Å². The van der Waals surface area contributed by atoms with Crippen LogP contribution in [0.2, 0.25) is 0 Å². The van der Waals surface area contributed by atoms with Gasteiger partial charge in [0.1, 0.15) is 11.3 Å². The van der Waals surface area contributed by atoms with Crippen LogP contribution in [-0.2, 0) is 6.42 Å². The van der Waals surface area contributed by atoms with Crippen LogP contribution in [0.3, 0.4) is 0 Å². The fourth-order valence-electron chi connectivity index (χ4n) is 2.82. The van der Waals surface area contributed by atoms with E-state index in [1.165, 1.54) is 38.2 Å². The van der Waals surface area contributed by atoms with Gasteiger partial charge in [-0.15, -0.1) is 0 Å². The second-order valence-corrected chi connectivity index (χ2v) is 6.39. The van der Waals surface area contributed by atoms with E-state index in [0.29, 0.717) is 6.42 Å². The maximum absolute atomic E-state index is 11.2. The zero-order valence-electron chi connectivity index (χ0n) is 15.4. The monoisotopic (exact) mass is 344 g/mol. The summed E-state index contributed by atoms with van der Waals surface area (Å²) >= 11 is 0. The number of hydrogen-bond acceptors (Lipinski definition) is 2. The lowest BCUT2D eigenvalue weighted by atomic mass is 9.99. The first-order chi connectivity index (χ1) is 12.2. The van der Waals surface area contributed by atoms with Crippen molar-refractivity contribution < 1.29 is 15.0 Å². The van der Waals surface area contributed by atoms with E-state index in [0.717, 1.165) is 31.2 Å². The molecule has 0 saturated carbocycles. The van der Waals surface area contributed by atoms with Gasteiger partial charge in [-0.3, -0.25) is 0 Å². The summed E-state index contributed by atoms with van der Waals surface area (Å²) in [5.41, 5.74) is 0.784. The van der Waals surface area contributed by atoms with Crippen molar-refractivity contribution in [2.75, 3.05) is 0 Å². The van der Waals surface area contributed by atoms with Gasteiger partial charge in [-0.05, 0) is 50.2 Å². The van der Waals surface area contributed by atoms with E-state index in [9.17, 15) is 15.0 Å². The molecule has 0 atom stereocenters. The summed E-state index contributed by atoms with van der Waals surface area (Å²) in [5, 5.41) is 18.9. The first kappa shape index (κ1) is 21.0. The average Bonchev–Trinajstić information content (AvgIpc) is 2.58. The molecule has 1 aromatic carbocycles. The number of carboxylic acid groups (broad SMARTS) is 1. The summed E-state index contributed by atoms with van der Waals surface area (Å²) in [7, 11) is 0. The number of aryl methyl sites for hydroxylation is 1. The first-order valence-electron chi connectivity index (χ1n) is 9.51. The van der Waals surface area contributed by atoms with Gasteiger partial charge in [-0.2, -0.15) is 0 Å². The maximum atomic E-state index is 11.2. The Morgan fingerprint density at radius 1 is 0.960 bits per heavy atom. The van der Waals surface area contributed by atoms with Crippen molar-refractivity contribution in [3.05, 3.63) is 53.6 Å². The summed E-state index contributed by atoms with van der Waals surface area (Å²) in [4.78, 5) is 11.2. The normalized spacial score (nSPS) is 11.6. The molecule has 25 heavy (non-hydrogen) atoms. The predicted octanol–water partition coefficient (Wildman–Crippen LogP) is 6.28. The third-order valence-electron chi connectivity index (χ3n) is 4.22. The number of rotatable bonds is 13. The Kier molecular flexibility index (Phi) is 11.2. The number of carboxylic acids is 1. The molecule has 0 fully saturated rings. The third-order valence-corrected chi connectivity index (χ3v) is 4.22. The van der Waals surface area contributed by atoms with Gasteiger partial charge in [0.2, 0.25) is 0 Å². The number of allylic oxidation sites excluding steroid dienone is 4. The van der Waals surface area contributed by atoms with Crippen molar-refractivity contribution >= 4 is 5.97 Å². The zero-order chi connectivity index (χ0) is 18.3. The first-order valence-corrected chi connectivity index (χ1v) is 9.51. The van der Waals surface area contributed by atoms with Gasteiger partial charge in [0, 0.05) is 0 Å². The van der Waals surface area contributed by atoms with Crippen LogP contribution < -0.4 is 0 Å². The molecule has 0 aliphatic carbocycles. The summed E-state index contributed by atoms with van der Waals surface area (Å²) < 4.78 is 0. The Hall–Kier alpha value is -2.03. The van der Waals surface area contributed by atoms with Gasteiger partial charge in [0.05, 0.1) is 0 Å². The molecule has 3 heteroatoms. The molecule has 138 valence electrons. The molecule has 0 aromatic heterocycles. The largest absolute Gasteiger partial charge is 0.507 e. The van der Waals surface area contributed by atoms with E-state index in [1.54, 1.807) is 12.1 Å². The minimum Gasteiger partial charge on any atom is -0.507 e. The second-order valence-electron chi connectivity index (χ2n) is 6.39. The van der Waals surface area contributed by atoms with Crippen molar-refractivity contribution in [2.24, 2.45) is 0 Å². The van der Waals surface area contributed by atoms with Crippen LogP contribution in [0.25, 0.3) is 0 Å². The minimum absolute atomic E-state index is 0.0561. The number of phenols is 1. The SMILES string of the molecule is CCC/C=C/C/C=C\CCCCCCCc1cccc(O)c1C(=O)O.